The van der Waals surface area contributed by atoms with Crippen molar-refractivity contribution in [1.82, 2.24) is 0 Å². The average Bonchev–Trinajstić information content (AvgIpc) is 2.58. The predicted octanol–water partition coefficient (Wildman–Crippen LogP) is 2.30. The highest BCUT2D eigenvalue weighted by molar-refractivity contribution is 5.77. The summed E-state index contributed by atoms with van der Waals surface area (Å²) in [4.78, 5) is 13.1. The van der Waals surface area contributed by atoms with E-state index in [2.05, 4.69) is 0 Å². The van der Waals surface area contributed by atoms with Crippen LogP contribution in [-0.4, -0.2) is 24.2 Å². The Balaban J connectivity index is 2.41. The van der Waals surface area contributed by atoms with Crippen molar-refractivity contribution in [2.24, 2.45) is 5.41 Å². The second kappa shape index (κ2) is 3.72. The van der Waals surface area contributed by atoms with Crippen molar-refractivity contribution in [3.63, 3.8) is 0 Å². The van der Waals surface area contributed by atoms with E-state index in [0.29, 0.717) is 12.0 Å². The van der Waals surface area contributed by atoms with E-state index >= 15 is 0 Å². The number of anilines is 1. The Hall–Kier alpha value is -1.58. The topological polar surface area (TPSA) is 40.5 Å². The average molecular weight is 237 g/mol. The zero-order valence-electron chi connectivity index (χ0n) is 10.2. The molecule has 0 saturated heterocycles. The molecule has 1 aromatic rings. The first kappa shape index (κ1) is 11.9. The number of benzene rings is 1. The molecule has 0 aliphatic carbocycles. The van der Waals surface area contributed by atoms with Gasteiger partial charge >= 0.3 is 5.97 Å². The van der Waals surface area contributed by atoms with Gasteiger partial charge in [-0.2, -0.15) is 0 Å². The van der Waals surface area contributed by atoms with Crippen LogP contribution in [0, 0.1) is 11.2 Å². The number of hydrogen-bond donors (Lipinski definition) is 1. The highest BCUT2D eigenvalue weighted by Gasteiger charge is 2.43. The summed E-state index contributed by atoms with van der Waals surface area (Å²) in [6, 6.07) is 4.69. The van der Waals surface area contributed by atoms with Crippen LogP contribution in [0.1, 0.15) is 19.4 Å². The van der Waals surface area contributed by atoms with Crippen LogP contribution in [0.4, 0.5) is 10.1 Å². The minimum Gasteiger partial charge on any atom is -0.481 e. The number of rotatable bonds is 2. The van der Waals surface area contributed by atoms with Crippen molar-refractivity contribution in [2.45, 2.75) is 26.3 Å². The maximum atomic E-state index is 13.7. The summed E-state index contributed by atoms with van der Waals surface area (Å²) in [6.45, 7) is 3.36. The molecule has 1 atom stereocenters. The Bertz CT molecular complexity index is 470. The molecule has 1 N–H and O–H groups in total. The molecule has 0 spiro atoms. The summed E-state index contributed by atoms with van der Waals surface area (Å²) in [5.41, 5.74) is 0.513. The summed E-state index contributed by atoms with van der Waals surface area (Å²) in [5.74, 6) is -1.11. The highest BCUT2D eigenvalue weighted by Crippen LogP contribution is 2.40. The van der Waals surface area contributed by atoms with Gasteiger partial charge in [-0.1, -0.05) is 6.07 Å². The minimum absolute atomic E-state index is 0.216. The fraction of sp³-hybridized carbons (Fsp3) is 0.462. The molecule has 2 rings (SSSR count). The lowest BCUT2D eigenvalue weighted by molar-refractivity contribution is -0.148. The van der Waals surface area contributed by atoms with Crippen LogP contribution >= 0.6 is 0 Å². The van der Waals surface area contributed by atoms with Crippen molar-refractivity contribution in [2.75, 3.05) is 11.9 Å². The molecule has 0 amide bonds. The predicted molar refractivity (Wildman–Crippen MR) is 63.7 cm³/mol. The molecule has 3 nitrogen and oxygen atoms in total. The standard InChI is InChI=1S/C13H16FNO2/c1-13(2,12(16)17)11-7-8-9(14)5-4-6-10(8)15(11)3/h4-6,11H,7H2,1-3H3,(H,16,17). The zero-order chi connectivity index (χ0) is 12.8. The largest absolute Gasteiger partial charge is 0.481 e. The zero-order valence-corrected chi connectivity index (χ0v) is 10.2. The number of hydrogen-bond acceptors (Lipinski definition) is 2. The van der Waals surface area contributed by atoms with E-state index in [0.717, 1.165) is 5.69 Å². The van der Waals surface area contributed by atoms with Gasteiger partial charge in [0.15, 0.2) is 0 Å². The SMILES string of the molecule is CN1c2cccc(F)c2CC1C(C)(C)C(=O)O. The smallest absolute Gasteiger partial charge is 0.311 e. The van der Waals surface area contributed by atoms with Crippen molar-refractivity contribution >= 4 is 11.7 Å². The van der Waals surface area contributed by atoms with Gasteiger partial charge < -0.3 is 10.0 Å². The second-order valence-corrected chi connectivity index (χ2v) is 5.10. The van der Waals surface area contributed by atoms with Crippen LogP contribution in [0.2, 0.25) is 0 Å². The van der Waals surface area contributed by atoms with Gasteiger partial charge in [-0.05, 0) is 32.4 Å². The molecule has 0 aromatic heterocycles. The van der Waals surface area contributed by atoms with E-state index in [4.69, 9.17) is 0 Å². The van der Waals surface area contributed by atoms with E-state index < -0.39 is 11.4 Å². The van der Waals surface area contributed by atoms with Crippen LogP contribution in [0.5, 0.6) is 0 Å². The molecule has 4 heteroatoms. The fourth-order valence-corrected chi connectivity index (χ4v) is 2.46. The molecular formula is C13H16FNO2. The molecule has 0 saturated carbocycles. The first-order valence-corrected chi connectivity index (χ1v) is 5.59. The van der Waals surface area contributed by atoms with Crippen molar-refractivity contribution < 1.29 is 14.3 Å². The lowest BCUT2D eigenvalue weighted by atomic mass is 9.82. The molecule has 1 heterocycles. The van der Waals surface area contributed by atoms with Crippen molar-refractivity contribution in [3.05, 3.63) is 29.6 Å². The van der Waals surface area contributed by atoms with E-state index in [-0.39, 0.29) is 11.9 Å². The molecule has 92 valence electrons. The van der Waals surface area contributed by atoms with E-state index in [1.807, 2.05) is 18.0 Å². The van der Waals surface area contributed by atoms with Crippen molar-refractivity contribution in [1.29, 1.82) is 0 Å². The number of carboxylic acids is 1. The van der Waals surface area contributed by atoms with Gasteiger partial charge in [-0.3, -0.25) is 4.79 Å². The number of carboxylic acid groups (broad SMARTS) is 1. The summed E-state index contributed by atoms with van der Waals surface area (Å²) in [5, 5.41) is 9.25. The molecule has 1 unspecified atom stereocenters. The third kappa shape index (κ3) is 1.68. The summed E-state index contributed by atoms with van der Waals surface area (Å²) >= 11 is 0. The Kier molecular flexibility index (Phi) is 2.60. The molecule has 1 aliphatic heterocycles. The summed E-state index contributed by atoms with van der Waals surface area (Å²) in [6.07, 6.45) is 0.442. The van der Waals surface area contributed by atoms with Gasteiger partial charge in [0, 0.05) is 24.3 Å². The maximum Gasteiger partial charge on any atom is 0.311 e. The summed E-state index contributed by atoms with van der Waals surface area (Å²) in [7, 11) is 1.82. The number of aliphatic carboxylic acids is 1. The molecule has 0 bridgehead atoms. The monoisotopic (exact) mass is 237 g/mol. The van der Waals surface area contributed by atoms with Crippen LogP contribution in [0.3, 0.4) is 0 Å². The van der Waals surface area contributed by atoms with Gasteiger partial charge in [0.25, 0.3) is 0 Å². The molecule has 17 heavy (non-hydrogen) atoms. The van der Waals surface area contributed by atoms with Gasteiger partial charge in [0.2, 0.25) is 0 Å². The third-order valence-corrected chi connectivity index (χ3v) is 3.72. The normalized spacial score (nSPS) is 19.3. The minimum atomic E-state index is -0.903. The third-order valence-electron chi connectivity index (χ3n) is 3.72. The summed E-state index contributed by atoms with van der Waals surface area (Å²) < 4.78 is 13.7. The van der Waals surface area contributed by atoms with Crippen LogP contribution in [-0.2, 0) is 11.2 Å². The van der Waals surface area contributed by atoms with Crippen LogP contribution < -0.4 is 4.90 Å². The molecule has 0 fully saturated rings. The van der Waals surface area contributed by atoms with Gasteiger partial charge in [0.05, 0.1) is 5.41 Å². The van der Waals surface area contributed by atoms with Gasteiger partial charge in [-0.25, -0.2) is 4.39 Å². The fourth-order valence-electron chi connectivity index (χ4n) is 2.46. The van der Waals surface area contributed by atoms with Crippen LogP contribution in [0.25, 0.3) is 0 Å². The van der Waals surface area contributed by atoms with Crippen molar-refractivity contribution in [3.8, 4) is 0 Å². The first-order chi connectivity index (χ1) is 7.85. The lowest BCUT2D eigenvalue weighted by Crippen LogP contribution is -2.46. The number of nitrogens with zero attached hydrogens (tertiary/aromatic N) is 1. The molecule has 1 aliphatic rings. The number of carbonyl (C=O) groups is 1. The Morgan fingerprint density at radius 3 is 2.71 bits per heavy atom. The van der Waals surface area contributed by atoms with E-state index in [1.165, 1.54) is 6.07 Å². The molecular weight excluding hydrogens is 221 g/mol. The van der Waals surface area contributed by atoms with E-state index in [1.54, 1.807) is 19.9 Å². The van der Waals surface area contributed by atoms with E-state index in [9.17, 15) is 14.3 Å². The van der Waals surface area contributed by atoms with Gasteiger partial charge in [-0.15, -0.1) is 0 Å². The van der Waals surface area contributed by atoms with Crippen LogP contribution in [0.15, 0.2) is 18.2 Å². The quantitative estimate of drug-likeness (QED) is 0.858. The first-order valence-electron chi connectivity index (χ1n) is 5.59. The lowest BCUT2D eigenvalue weighted by Gasteiger charge is -2.33. The second-order valence-electron chi connectivity index (χ2n) is 5.10. The molecule has 1 aromatic carbocycles. The number of fused-ring (bicyclic) bond motifs is 1. The number of halogens is 1. The molecule has 0 radical (unpaired) electrons. The Morgan fingerprint density at radius 2 is 2.18 bits per heavy atom. The number of likely N-dealkylation sites (N-methyl/N-ethyl adjacent to an activating group) is 1. The maximum absolute atomic E-state index is 13.7. The van der Waals surface area contributed by atoms with Gasteiger partial charge in [0.1, 0.15) is 5.82 Å². The highest BCUT2D eigenvalue weighted by atomic mass is 19.1. The Labute approximate surface area is 99.9 Å². The Morgan fingerprint density at radius 1 is 1.53 bits per heavy atom.